The second-order valence-corrected chi connectivity index (χ2v) is 6.35. The molecule has 2 aromatic rings. The highest BCUT2D eigenvalue weighted by atomic mass is 79.9. The second-order valence-electron chi connectivity index (χ2n) is 5.49. The number of carbonyl (C=O) groups excluding carboxylic acids is 1. The van der Waals surface area contributed by atoms with Gasteiger partial charge in [0.05, 0.1) is 23.4 Å². The standard InChI is InChI=1S/C18H14BrF3N2O5/c1-28-14-6-10(5-13(19)16(14)29-9-15(25)26)8-23-24-17(27)11-3-2-4-12(7-11)18(20,21)22/h2-8H,9H2,1H3,(H,24,27)(H,25,26)/b23-8-. The lowest BCUT2D eigenvalue weighted by Gasteiger charge is -2.12. The lowest BCUT2D eigenvalue weighted by molar-refractivity contribution is -0.139. The number of carboxylic acid groups (broad SMARTS) is 1. The second kappa shape index (κ2) is 9.41. The molecule has 11 heteroatoms. The zero-order chi connectivity index (χ0) is 21.6. The molecule has 0 bridgehead atoms. The Labute approximate surface area is 171 Å². The van der Waals surface area contributed by atoms with Crippen molar-refractivity contribution in [1.29, 1.82) is 0 Å². The van der Waals surface area contributed by atoms with Gasteiger partial charge in [0.15, 0.2) is 18.1 Å². The quantitative estimate of drug-likeness (QED) is 0.470. The number of carbonyl (C=O) groups is 2. The molecule has 2 N–H and O–H groups in total. The summed E-state index contributed by atoms with van der Waals surface area (Å²) >= 11 is 3.22. The number of carboxylic acids is 1. The van der Waals surface area contributed by atoms with Gasteiger partial charge in [-0.1, -0.05) is 6.07 Å². The molecule has 0 saturated carbocycles. The Bertz CT molecular complexity index is 948. The van der Waals surface area contributed by atoms with Gasteiger partial charge in [-0.05, 0) is 51.8 Å². The van der Waals surface area contributed by atoms with Gasteiger partial charge >= 0.3 is 12.1 Å². The first-order chi connectivity index (χ1) is 13.6. The molecule has 0 spiro atoms. The van der Waals surface area contributed by atoms with Crippen molar-refractivity contribution in [3.05, 3.63) is 57.6 Å². The molecule has 0 heterocycles. The molecule has 0 aliphatic heterocycles. The fourth-order valence-electron chi connectivity index (χ4n) is 2.16. The number of halogens is 4. The Morgan fingerprint density at radius 3 is 2.62 bits per heavy atom. The third-order valence-corrected chi connectivity index (χ3v) is 4.01. The summed E-state index contributed by atoms with van der Waals surface area (Å²) in [5.74, 6) is -1.60. The summed E-state index contributed by atoms with van der Waals surface area (Å²) in [6.45, 7) is -0.574. The summed E-state index contributed by atoms with van der Waals surface area (Å²) in [5.41, 5.74) is 1.44. The number of methoxy groups -OCH3 is 1. The highest BCUT2D eigenvalue weighted by Gasteiger charge is 2.30. The van der Waals surface area contributed by atoms with Crippen LogP contribution in [0.1, 0.15) is 21.5 Å². The van der Waals surface area contributed by atoms with Crippen LogP contribution >= 0.6 is 15.9 Å². The zero-order valence-corrected chi connectivity index (χ0v) is 16.4. The number of nitrogens with one attached hydrogen (secondary N) is 1. The number of aliphatic carboxylic acids is 1. The van der Waals surface area contributed by atoms with Gasteiger partial charge in [0, 0.05) is 5.56 Å². The van der Waals surface area contributed by atoms with E-state index in [-0.39, 0.29) is 17.1 Å². The molecular formula is C18H14BrF3N2O5. The van der Waals surface area contributed by atoms with Crippen LogP contribution in [0.2, 0.25) is 0 Å². The SMILES string of the molecule is COc1cc(/C=N\NC(=O)c2cccc(C(F)(F)F)c2)cc(Br)c1OCC(=O)O. The summed E-state index contributed by atoms with van der Waals surface area (Å²) in [6, 6.07) is 6.94. The van der Waals surface area contributed by atoms with Crippen LogP contribution in [0.4, 0.5) is 13.2 Å². The number of ether oxygens (including phenoxy) is 2. The van der Waals surface area contributed by atoms with Gasteiger partial charge in [-0.3, -0.25) is 4.79 Å². The Morgan fingerprint density at radius 1 is 1.28 bits per heavy atom. The molecule has 0 atom stereocenters. The van der Waals surface area contributed by atoms with Crippen LogP contribution < -0.4 is 14.9 Å². The van der Waals surface area contributed by atoms with Crippen molar-refractivity contribution >= 4 is 34.0 Å². The van der Waals surface area contributed by atoms with Crippen LogP contribution in [-0.2, 0) is 11.0 Å². The minimum atomic E-state index is -4.56. The van der Waals surface area contributed by atoms with E-state index < -0.39 is 30.2 Å². The van der Waals surface area contributed by atoms with E-state index in [4.69, 9.17) is 14.6 Å². The molecule has 29 heavy (non-hydrogen) atoms. The highest BCUT2D eigenvalue weighted by Crippen LogP contribution is 2.36. The fraction of sp³-hybridized carbons (Fsp3) is 0.167. The van der Waals surface area contributed by atoms with Gasteiger partial charge < -0.3 is 14.6 Å². The molecule has 1 amide bonds. The largest absolute Gasteiger partial charge is 0.493 e. The molecule has 0 aliphatic rings. The normalized spacial score (nSPS) is 11.3. The van der Waals surface area contributed by atoms with Crippen molar-refractivity contribution in [3.63, 3.8) is 0 Å². The monoisotopic (exact) mass is 474 g/mol. The topological polar surface area (TPSA) is 97.2 Å². The zero-order valence-electron chi connectivity index (χ0n) is 14.8. The third kappa shape index (κ3) is 6.21. The van der Waals surface area contributed by atoms with E-state index in [2.05, 4.69) is 26.5 Å². The average molecular weight is 475 g/mol. The lowest BCUT2D eigenvalue weighted by Crippen LogP contribution is -2.18. The van der Waals surface area contributed by atoms with Gasteiger partial charge in [0.1, 0.15) is 0 Å². The van der Waals surface area contributed by atoms with Crippen LogP contribution in [0.15, 0.2) is 46.0 Å². The molecule has 0 unspecified atom stereocenters. The predicted octanol–water partition coefficient (Wildman–Crippen LogP) is 3.70. The maximum Gasteiger partial charge on any atom is 0.416 e. The van der Waals surface area contributed by atoms with Crippen molar-refractivity contribution in [2.24, 2.45) is 5.10 Å². The van der Waals surface area contributed by atoms with E-state index >= 15 is 0 Å². The van der Waals surface area contributed by atoms with Gasteiger partial charge in [0.25, 0.3) is 5.91 Å². The number of benzene rings is 2. The Kier molecular flexibility index (Phi) is 7.21. The number of alkyl halides is 3. The van der Waals surface area contributed by atoms with E-state index in [1.54, 1.807) is 0 Å². The van der Waals surface area contributed by atoms with Crippen LogP contribution in [0.5, 0.6) is 11.5 Å². The molecule has 0 aromatic heterocycles. The summed E-state index contributed by atoms with van der Waals surface area (Å²) in [6.07, 6.45) is -3.33. The molecule has 0 fully saturated rings. The number of hydrazone groups is 1. The molecule has 7 nitrogen and oxygen atoms in total. The van der Waals surface area contributed by atoms with Crippen molar-refractivity contribution < 1.29 is 37.3 Å². The Hall–Kier alpha value is -3.08. The number of hydrogen-bond acceptors (Lipinski definition) is 5. The van der Waals surface area contributed by atoms with E-state index in [0.717, 1.165) is 18.2 Å². The van der Waals surface area contributed by atoms with E-state index in [1.807, 2.05) is 0 Å². The van der Waals surface area contributed by atoms with Crippen LogP contribution in [0, 0.1) is 0 Å². The molecule has 154 valence electrons. The Balaban J connectivity index is 2.13. The minimum Gasteiger partial charge on any atom is -0.493 e. The molecule has 2 aromatic carbocycles. The fourth-order valence-corrected chi connectivity index (χ4v) is 2.73. The van der Waals surface area contributed by atoms with Crippen LogP contribution in [0.25, 0.3) is 0 Å². The highest BCUT2D eigenvalue weighted by molar-refractivity contribution is 9.10. The molecule has 0 saturated heterocycles. The van der Waals surface area contributed by atoms with Crippen LogP contribution in [-0.4, -0.2) is 36.9 Å². The van der Waals surface area contributed by atoms with Gasteiger partial charge in [-0.25, -0.2) is 10.2 Å². The first-order valence-electron chi connectivity index (χ1n) is 7.84. The Morgan fingerprint density at radius 2 is 2.00 bits per heavy atom. The van der Waals surface area contributed by atoms with Gasteiger partial charge in [0.2, 0.25) is 0 Å². The maximum atomic E-state index is 12.7. The lowest BCUT2D eigenvalue weighted by atomic mass is 10.1. The van der Waals surface area contributed by atoms with Crippen molar-refractivity contribution in [3.8, 4) is 11.5 Å². The number of nitrogens with zero attached hydrogens (tertiary/aromatic N) is 1. The predicted molar refractivity (Wildman–Crippen MR) is 100 cm³/mol. The number of rotatable bonds is 7. The molecule has 0 radical (unpaired) electrons. The summed E-state index contributed by atoms with van der Waals surface area (Å²) in [5, 5.41) is 12.4. The van der Waals surface area contributed by atoms with Crippen LogP contribution in [0.3, 0.4) is 0 Å². The third-order valence-electron chi connectivity index (χ3n) is 3.42. The number of hydrogen-bond donors (Lipinski definition) is 2. The summed E-state index contributed by atoms with van der Waals surface area (Å²) in [4.78, 5) is 22.6. The smallest absolute Gasteiger partial charge is 0.416 e. The van der Waals surface area contributed by atoms with Crippen molar-refractivity contribution in [2.45, 2.75) is 6.18 Å². The van der Waals surface area contributed by atoms with Gasteiger partial charge in [-0.15, -0.1) is 0 Å². The van der Waals surface area contributed by atoms with Crippen molar-refractivity contribution in [1.82, 2.24) is 5.43 Å². The first-order valence-corrected chi connectivity index (χ1v) is 8.64. The van der Waals surface area contributed by atoms with E-state index in [1.165, 1.54) is 31.5 Å². The average Bonchev–Trinajstić information content (AvgIpc) is 2.65. The summed E-state index contributed by atoms with van der Waals surface area (Å²) < 4.78 is 48.8. The maximum absolute atomic E-state index is 12.7. The van der Waals surface area contributed by atoms with Gasteiger partial charge in [-0.2, -0.15) is 18.3 Å². The molecular weight excluding hydrogens is 461 g/mol. The number of amides is 1. The van der Waals surface area contributed by atoms with E-state index in [0.29, 0.717) is 10.0 Å². The molecule has 0 aliphatic carbocycles. The molecule has 2 rings (SSSR count). The van der Waals surface area contributed by atoms with E-state index in [9.17, 15) is 22.8 Å². The van der Waals surface area contributed by atoms with Crippen molar-refractivity contribution in [2.75, 3.05) is 13.7 Å². The first kappa shape index (κ1) is 22.2. The minimum absolute atomic E-state index is 0.167. The summed E-state index contributed by atoms with van der Waals surface area (Å²) in [7, 11) is 1.35.